The third-order valence-electron chi connectivity index (χ3n) is 1.40. The lowest BCUT2D eigenvalue weighted by molar-refractivity contribution is -0.485. The normalized spacial score (nSPS) is 9.67. The first-order chi connectivity index (χ1) is 7.16. The van der Waals surface area contributed by atoms with Crippen LogP contribution < -0.4 is 0 Å². The van der Waals surface area contributed by atoms with Crippen molar-refractivity contribution in [2.45, 2.75) is 32.6 Å². The van der Waals surface area contributed by atoms with Crippen LogP contribution in [0.15, 0.2) is 0 Å². The average molecular weight is 222 g/mol. The van der Waals surface area contributed by atoms with Gasteiger partial charge in [0.2, 0.25) is 0 Å². The van der Waals surface area contributed by atoms with Crippen molar-refractivity contribution in [1.29, 1.82) is 0 Å². The van der Waals surface area contributed by atoms with Gasteiger partial charge in [0.1, 0.15) is 0 Å². The highest BCUT2D eigenvalue weighted by Crippen LogP contribution is 1.99. The number of hydrogen-bond acceptors (Lipinski definition) is 6. The van der Waals surface area contributed by atoms with Crippen LogP contribution in [0.4, 0.5) is 9.59 Å². The molecule has 0 heterocycles. The summed E-state index contributed by atoms with van der Waals surface area (Å²) in [4.78, 5) is 28.4. The number of carbonyl (C=O) groups excluding carboxylic acids is 1. The molecule has 0 spiro atoms. The molecule has 15 heavy (non-hydrogen) atoms. The van der Waals surface area contributed by atoms with Gasteiger partial charge in [-0.15, -0.1) is 0 Å². The van der Waals surface area contributed by atoms with Crippen molar-refractivity contribution in [2.24, 2.45) is 0 Å². The van der Waals surface area contributed by atoms with Crippen LogP contribution >= 0.6 is 0 Å². The topological polar surface area (TPSA) is 91.3 Å². The summed E-state index contributed by atoms with van der Waals surface area (Å²) in [6, 6.07) is 0. The van der Waals surface area contributed by atoms with Crippen molar-refractivity contribution in [3.63, 3.8) is 0 Å². The molecule has 0 radical (unpaired) electrons. The van der Waals surface area contributed by atoms with E-state index in [-0.39, 0.29) is 6.61 Å². The first kappa shape index (κ1) is 13.7. The maximum atomic E-state index is 10.4. The van der Waals surface area contributed by atoms with Crippen molar-refractivity contribution >= 4 is 12.3 Å². The van der Waals surface area contributed by atoms with Gasteiger partial charge in [0.05, 0.1) is 6.61 Å². The van der Waals surface area contributed by atoms with E-state index in [1.54, 1.807) is 0 Å². The van der Waals surface area contributed by atoms with E-state index in [1.165, 1.54) is 0 Å². The molecule has 0 bridgehead atoms. The fourth-order valence-corrected chi connectivity index (χ4v) is 0.762. The Bertz CT molecular complexity index is 191. The molecule has 7 nitrogen and oxygen atoms in total. The molecule has 0 aromatic rings. The van der Waals surface area contributed by atoms with Crippen LogP contribution in [0.25, 0.3) is 0 Å². The van der Waals surface area contributed by atoms with Crippen LogP contribution in [0.2, 0.25) is 0 Å². The van der Waals surface area contributed by atoms with E-state index in [2.05, 4.69) is 26.5 Å². The van der Waals surface area contributed by atoms with E-state index >= 15 is 0 Å². The third kappa shape index (κ3) is 10.6. The van der Waals surface area contributed by atoms with Gasteiger partial charge in [0.25, 0.3) is 0 Å². The second-order valence-corrected chi connectivity index (χ2v) is 2.65. The smallest absolute Gasteiger partial charge is 0.449 e. The minimum atomic E-state index is -1.77. The second kappa shape index (κ2) is 9.22. The van der Waals surface area contributed by atoms with Crippen LogP contribution in [0, 0.1) is 0 Å². The van der Waals surface area contributed by atoms with E-state index in [4.69, 9.17) is 5.11 Å². The lowest BCUT2D eigenvalue weighted by Crippen LogP contribution is -2.12. The summed E-state index contributed by atoms with van der Waals surface area (Å²) in [5.41, 5.74) is 0. The van der Waals surface area contributed by atoms with Gasteiger partial charge in [0.15, 0.2) is 0 Å². The van der Waals surface area contributed by atoms with Crippen LogP contribution in [0.1, 0.15) is 32.6 Å². The molecule has 0 aliphatic carbocycles. The van der Waals surface area contributed by atoms with Crippen molar-refractivity contribution in [3.05, 3.63) is 0 Å². The zero-order chi connectivity index (χ0) is 11.5. The Balaban J connectivity index is 3.16. The lowest BCUT2D eigenvalue weighted by atomic mass is 10.2. The number of ether oxygens (including phenoxy) is 1. The van der Waals surface area contributed by atoms with Gasteiger partial charge in [0, 0.05) is 0 Å². The van der Waals surface area contributed by atoms with E-state index in [1.807, 2.05) is 0 Å². The Morgan fingerprint density at radius 3 is 2.53 bits per heavy atom. The zero-order valence-corrected chi connectivity index (χ0v) is 8.43. The molecule has 0 amide bonds. The maximum absolute atomic E-state index is 10.4. The van der Waals surface area contributed by atoms with Gasteiger partial charge >= 0.3 is 12.3 Å². The molecule has 0 saturated heterocycles. The molecule has 88 valence electrons. The second-order valence-electron chi connectivity index (χ2n) is 2.65. The van der Waals surface area contributed by atoms with E-state index in [0.717, 1.165) is 25.7 Å². The van der Waals surface area contributed by atoms with Crippen LogP contribution in [0.5, 0.6) is 0 Å². The first-order valence-corrected chi connectivity index (χ1v) is 4.57. The maximum Gasteiger partial charge on any atom is 0.553 e. The van der Waals surface area contributed by atoms with E-state index in [0.29, 0.717) is 0 Å². The predicted octanol–water partition coefficient (Wildman–Crippen LogP) is 2.26. The van der Waals surface area contributed by atoms with E-state index < -0.39 is 12.3 Å². The molecule has 0 atom stereocenters. The third-order valence-corrected chi connectivity index (χ3v) is 1.40. The molecule has 0 aliphatic heterocycles. The van der Waals surface area contributed by atoms with Crippen molar-refractivity contribution in [1.82, 2.24) is 0 Å². The number of carboxylic acid groups (broad SMARTS) is 1. The van der Waals surface area contributed by atoms with Gasteiger partial charge < -0.3 is 9.84 Å². The van der Waals surface area contributed by atoms with Gasteiger partial charge in [-0.3, -0.25) is 0 Å². The number of carbonyl (C=O) groups is 2. The lowest BCUT2D eigenvalue weighted by Gasteiger charge is -2.00. The van der Waals surface area contributed by atoms with Crippen LogP contribution in [-0.2, 0) is 19.6 Å². The molecule has 0 rings (SSSR count). The number of unbranched alkanes of at least 4 members (excludes halogenated alkanes) is 3. The molecule has 0 saturated carbocycles. The number of rotatable bonds is 7. The Hall–Kier alpha value is -1.34. The SMILES string of the molecule is CCCCCCOOOC(=O)OC(=O)O. The first-order valence-electron chi connectivity index (χ1n) is 4.57. The fourth-order valence-electron chi connectivity index (χ4n) is 0.762. The highest BCUT2D eigenvalue weighted by molar-refractivity contribution is 5.75. The van der Waals surface area contributed by atoms with E-state index in [9.17, 15) is 9.59 Å². The van der Waals surface area contributed by atoms with Crippen molar-refractivity contribution in [2.75, 3.05) is 6.61 Å². The molecular weight excluding hydrogens is 208 g/mol. The van der Waals surface area contributed by atoms with Gasteiger partial charge in [-0.05, 0) is 11.5 Å². The highest BCUT2D eigenvalue weighted by atomic mass is 17.5. The summed E-state index contributed by atoms with van der Waals surface area (Å²) in [5, 5.41) is 11.9. The molecule has 0 aromatic heterocycles. The Labute approximate surface area is 86.7 Å². The quantitative estimate of drug-likeness (QED) is 0.232. The summed E-state index contributed by atoms with van der Waals surface area (Å²) in [5.74, 6) is 0. The largest absolute Gasteiger partial charge is 0.553 e. The average Bonchev–Trinajstić information content (AvgIpc) is 2.15. The summed E-state index contributed by atoms with van der Waals surface area (Å²) < 4.78 is 3.55. The summed E-state index contributed by atoms with van der Waals surface area (Å²) in [6.07, 6.45) is 0.681. The minimum absolute atomic E-state index is 0.264. The van der Waals surface area contributed by atoms with Crippen LogP contribution in [-0.4, -0.2) is 24.0 Å². The Morgan fingerprint density at radius 2 is 1.93 bits per heavy atom. The van der Waals surface area contributed by atoms with Gasteiger partial charge in [-0.2, -0.15) is 9.68 Å². The molecule has 0 unspecified atom stereocenters. The number of hydrogen-bond donors (Lipinski definition) is 1. The predicted molar refractivity (Wildman–Crippen MR) is 46.8 cm³/mol. The van der Waals surface area contributed by atoms with Gasteiger partial charge in [-0.1, -0.05) is 26.2 Å². The standard InChI is InChI=1S/C8H14O7/c1-2-3-4-5-6-12-15-14-8(11)13-7(9)10/h2-6H2,1H3,(H,9,10). The minimum Gasteiger partial charge on any atom is -0.449 e. The highest BCUT2D eigenvalue weighted by Gasteiger charge is 2.10. The molecule has 0 aromatic carbocycles. The Kier molecular flexibility index (Phi) is 8.40. The molecule has 7 heteroatoms. The molecule has 0 fully saturated rings. The van der Waals surface area contributed by atoms with Crippen molar-refractivity contribution in [3.8, 4) is 0 Å². The summed E-state index contributed by atoms with van der Waals surface area (Å²) >= 11 is 0. The fraction of sp³-hybridized carbons (Fsp3) is 0.750. The van der Waals surface area contributed by atoms with Gasteiger partial charge in [-0.25, -0.2) is 9.68 Å². The molecule has 1 N–H and O–H groups in total. The summed E-state index contributed by atoms with van der Waals surface area (Å²) in [7, 11) is 0. The summed E-state index contributed by atoms with van der Waals surface area (Å²) in [6.45, 7) is 2.34. The van der Waals surface area contributed by atoms with Crippen LogP contribution in [0.3, 0.4) is 0 Å². The van der Waals surface area contributed by atoms with Crippen molar-refractivity contribution < 1.29 is 34.2 Å². The molecule has 0 aliphatic rings. The Morgan fingerprint density at radius 1 is 1.20 bits per heavy atom. The monoisotopic (exact) mass is 222 g/mol. The molecular formula is C8H14O7. The zero-order valence-electron chi connectivity index (χ0n) is 8.43.